The minimum absolute atomic E-state index is 0.0658. The molecule has 1 amide bonds. The van der Waals surface area contributed by atoms with Crippen molar-refractivity contribution >= 4 is 18.5 Å². The molecule has 1 aliphatic rings. The zero-order valence-electron chi connectivity index (χ0n) is 13.3. The van der Waals surface area contributed by atoms with Gasteiger partial charge in [-0.15, -0.1) is 0 Å². The van der Waals surface area contributed by atoms with Crippen LogP contribution in [-0.2, 0) is 4.79 Å². The first kappa shape index (κ1) is 16.9. The van der Waals surface area contributed by atoms with Crippen molar-refractivity contribution in [1.29, 1.82) is 0 Å². The lowest BCUT2D eigenvalue weighted by Gasteiger charge is -2.38. The Bertz CT molecular complexity index is 297. The highest BCUT2D eigenvalue weighted by Gasteiger charge is 2.36. The van der Waals surface area contributed by atoms with Crippen LogP contribution in [0.25, 0.3) is 0 Å². The molecule has 112 valence electrons. The molecule has 1 rings (SSSR count). The fraction of sp³-hybridized carbons (Fsp3) is 0.938. The molecule has 0 aromatic carbocycles. The first-order chi connectivity index (χ1) is 8.61. The average Bonchev–Trinajstić information content (AvgIpc) is 2.10. The highest BCUT2D eigenvalue weighted by molar-refractivity contribution is 7.81. The Morgan fingerprint density at radius 1 is 1.16 bits per heavy atom. The summed E-state index contributed by atoms with van der Waals surface area (Å²) in [4.78, 5) is 14.4. The molecule has 1 atom stereocenters. The van der Waals surface area contributed by atoms with E-state index in [9.17, 15) is 4.79 Å². The third-order valence-corrected chi connectivity index (χ3v) is 4.30. The standard InChI is InChI=1S/C16H31NOS/c1-15(2,3)10-7-6-9-13(16(4,5)19)14(18)17-11-8-12-17/h13,19H,6-12H2,1-5H3. The van der Waals surface area contributed by atoms with Gasteiger partial charge in [-0.3, -0.25) is 4.79 Å². The van der Waals surface area contributed by atoms with E-state index in [-0.39, 0.29) is 10.7 Å². The van der Waals surface area contributed by atoms with Crippen LogP contribution in [0.2, 0.25) is 0 Å². The first-order valence-corrected chi connectivity index (χ1v) is 8.07. The Balaban J connectivity index is 2.44. The van der Waals surface area contributed by atoms with Gasteiger partial charge in [0.25, 0.3) is 0 Å². The molecule has 0 N–H and O–H groups in total. The summed E-state index contributed by atoms with van der Waals surface area (Å²) in [5, 5.41) is 0. The van der Waals surface area contributed by atoms with E-state index >= 15 is 0 Å². The van der Waals surface area contributed by atoms with Gasteiger partial charge in [-0.05, 0) is 24.7 Å². The molecule has 0 aromatic heterocycles. The number of likely N-dealkylation sites (tertiary alicyclic amines) is 1. The third kappa shape index (κ3) is 5.76. The second-order valence-electron chi connectivity index (χ2n) is 7.69. The van der Waals surface area contributed by atoms with E-state index in [0.717, 1.165) is 32.4 Å². The van der Waals surface area contributed by atoms with Gasteiger partial charge in [0.1, 0.15) is 0 Å². The van der Waals surface area contributed by atoms with Gasteiger partial charge in [0.15, 0.2) is 0 Å². The van der Waals surface area contributed by atoms with Gasteiger partial charge in [-0.1, -0.05) is 47.5 Å². The number of rotatable bonds is 6. The van der Waals surface area contributed by atoms with Crippen molar-refractivity contribution in [3.8, 4) is 0 Å². The molecule has 1 heterocycles. The predicted molar refractivity (Wildman–Crippen MR) is 85.7 cm³/mol. The lowest BCUT2D eigenvalue weighted by atomic mass is 9.84. The van der Waals surface area contributed by atoms with E-state index in [1.807, 2.05) is 4.90 Å². The first-order valence-electron chi connectivity index (χ1n) is 7.62. The van der Waals surface area contributed by atoms with E-state index in [2.05, 4.69) is 47.2 Å². The highest BCUT2D eigenvalue weighted by Crippen LogP contribution is 2.32. The summed E-state index contributed by atoms with van der Waals surface area (Å²) in [7, 11) is 0. The lowest BCUT2D eigenvalue weighted by molar-refractivity contribution is -0.140. The van der Waals surface area contributed by atoms with Crippen molar-refractivity contribution in [1.82, 2.24) is 4.90 Å². The van der Waals surface area contributed by atoms with Gasteiger partial charge >= 0.3 is 0 Å². The number of hydrogen-bond acceptors (Lipinski definition) is 2. The van der Waals surface area contributed by atoms with Crippen LogP contribution < -0.4 is 0 Å². The molecule has 1 unspecified atom stereocenters. The summed E-state index contributed by atoms with van der Waals surface area (Å²) in [6, 6.07) is 0. The minimum Gasteiger partial charge on any atom is -0.342 e. The number of nitrogens with zero attached hydrogens (tertiary/aromatic N) is 1. The summed E-state index contributed by atoms with van der Waals surface area (Å²) < 4.78 is -0.214. The second-order valence-corrected chi connectivity index (χ2v) is 8.84. The van der Waals surface area contributed by atoms with Gasteiger partial charge in [0.2, 0.25) is 5.91 Å². The number of thiol groups is 1. The summed E-state index contributed by atoms with van der Waals surface area (Å²) in [5.41, 5.74) is 0.396. The summed E-state index contributed by atoms with van der Waals surface area (Å²) in [6.45, 7) is 12.9. The molecular formula is C16H31NOS. The third-order valence-electron chi connectivity index (χ3n) is 3.99. The summed E-state index contributed by atoms with van der Waals surface area (Å²) in [5.74, 6) is 0.387. The Hall–Kier alpha value is -0.180. The lowest BCUT2D eigenvalue weighted by Crippen LogP contribution is -2.49. The molecule has 3 heteroatoms. The fourth-order valence-electron chi connectivity index (χ4n) is 2.54. The van der Waals surface area contributed by atoms with Crippen molar-refractivity contribution in [2.24, 2.45) is 11.3 Å². The van der Waals surface area contributed by atoms with Gasteiger partial charge in [0, 0.05) is 17.8 Å². The second kappa shape index (κ2) is 6.51. The van der Waals surface area contributed by atoms with Crippen molar-refractivity contribution in [3.05, 3.63) is 0 Å². The Kier molecular flexibility index (Phi) is 5.78. The molecule has 19 heavy (non-hydrogen) atoms. The minimum atomic E-state index is -0.214. The Labute approximate surface area is 124 Å². The SMILES string of the molecule is CC(C)(C)CCCCC(C(=O)N1CCC1)C(C)(C)S. The van der Waals surface area contributed by atoms with Gasteiger partial charge in [0.05, 0.1) is 5.92 Å². The summed E-state index contributed by atoms with van der Waals surface area (Å²) in [6.07, 6.45) is 5.70. The van der Waals surface area contributed by atoms with E-state index in [1.165, 1.54) is 12.8 Å². The van der Waals surface area contributed by atoms with Crippen molar-refractivity contribution in [2.45, 2.75) is 71.5 Å². The van der Waals surface area contributed by atoms with Gasteiger partial charge in [-0.25, -0.2) is 0 Å². The highest BCUT2D eigenvalue weighted by atomic mass is 32.1. The van der Waals surface area contributed by atoms with E-state index < -0.39 is 0 Å². The van der Waals surface area contributed by atoms with Crippen LogP contribution in [0, 0.1) is 11.3 Å². The van der Waals surface area contributed by atoms with Crippen LogP contribution in [0.15, 0.2) is 0 Å². The summed E-state index contributed by atoms with van der Waals surface area (Å²) >= 11 is 4.66. The van der Waals surface area contributed by atoms with Crippen LogP contribution in [-0.4, -0.2) is 28.6 Å². The molecule has 0 aromatic rings. The topological polar surface area (TPSA) is 20.3 Å². The molecule has 1 fully saturated rings. The number of unbranched alkanes of at least 4 members (excludes halogenated alkanes) is 1. The number of hydrogen-bond donors (Lipinski definition) is 1. The van der Waals surface area contributed by atoms with E-state index in [0.29, 0.717) is 11.3 Å². The zero-order valence-corrected chi connectivity index (χ0v) is 14.2. The van der Waals surface area contributed by atoms with Crippen molar-refractivity contribution < 1.29 is 4.79 Å². The quantitative estimate of drug-likeness (QED) is 0.574. The Morgan fingerprint density at radius 2 is 1.74 bits per heavy atom. The molecule has 0 saturated carbocycles. The van der Waals surface area contributed by atoms with Crippen molar-refractivity contribution in [3.63, 3.8) is 0 Å². The molecule has 0 radical (unpaired) electrons. The maximum absolute atomic E-state index is 12.4. The Morgan fingerprint density at radius 3 is 2.11 bits per heavy atom. The largest absolute Gasteiger partial charge is 0.342 e. The maximum Gasteiger partial charge on any atom is 0.227 e. The van der Waals surface area contributed by atoms with E-state index in [4.69, 9.17) is 0 Å². The molecule has 0 spiro atoms. The molecule has 2 nitrogen and oxygen atoms in total. The van der Waals surface area contributed by atoms with Gasteiger partial charge in [-0.2, -0.15) is 12.6 Å². The molecule has 0 aliphatic carbocycles. The number of amides is 1. The van der Waals surface area contributed by atoms with Crippen LogP contribution in [0.5, 0.6) is 0 Å². The normalized spacial score (nSPS) is 18.1. The predicted octanol–water partition coefficient (Wildman–Crippen LogP) is 4.15. The van der Waals surface area contributed by atoms with Crippen LogP contribution in [0.1, 0.15) is 66.7 Å². The average molecular weight is 285 g/mol. The van der Waals surface area contributed by atoms with Crippen molar-refractivity contribution in [2.75, 3.05) is 13.1 Å². The van der Waals surface area contributed by atoms with Gasteiger partial charge < -0.3 is 4.90 Å². The van der Waals surface area contributed by atoms with Crippen LogP contribution in [0.3, 0.4) is 0 Å². The van der Waals surface area contributed by atoms with E-state index in [1.54, 1.807) is 0 Å². The molecule has 1 saturated heterocycles. The smallest absolute Gasteiger partial charge is 0.227 e. The zero-order chi connectivity index (χ0) is 14.7. The number of carbonyl (C=O) groups is 1. The molecular weight excluding hydrogens is 254 g/mol. The fourth-order valence-corrected chi connectivity index (χ4v) is 2.78. The van der Waals surface area contributed by atoms with Crippen LogP contribution in [0.4, 0.5) is 0 Å². The molecule has 0 bridgehead atoms. The monoisotopic (exact) mass is 285 g/mol. The van der Waals surface area contributed by atoms with Crippen LogP contribution >= 0.6 is 12.6 Å². The number of carbonyl (C=O) groups excluding carboxylic acids is 1. The maximum atomic E-state index is 12.4. The molecule has 1 aliphatic heterocycles.